The van der Waals surface area contributed by atoms with Crippen molar-refractivity contribution in [3.05, 3.63) is 360 Å². The van der Waals surface area contributed by atoms with E-state index in [-0.39, 0.29) is 0 Å². The molecule has 14 aromatic rings. The summed E-state index contributed by atoms with van der Waals surface area (Å²) in [5.74, 6) is 0. The van der Waals surface area contributed by atoms with Crippen LogP contribution in [0.1, 0.15) is 44.5 Å². The second-order valence-corrected chi connectivity index (χ2v) is 22.2. The van der Waals surface area contributed by atoms with Crippen LogP contribution in [0.4, 0.5) is 17.1 Å². The quantitative estimate of drug-likeness (QED) is 0.154. The first-order valence-electron chi connectivity index (χ1n) is 28.6. The van der Waals surface area contributed by atoms with Gasteiger partial charge in [-0.05, 0) is 155 Å². The smallest absolute Gasteiger partial charge is 0.0720 e. The second kappa shape index (κ2) is 18.0. The molecule has 2 heteroatoms. The van der Waals surface area contributed by atoms with E-state index in [4.69, 9.17) is 0 Å². The van der Waals surface area contributed by atoms with Crippen molar-refractivity contribution in [2.75, 3.05) is 4.90 Å². The van der Waals surface area contributed by atoms with Crippen LogP contribution in [-0.2, 0) is 10.8 Å². The number of benzene rings is 13. The number of rotatable bonds is 7. The molecule has 17 rings (SSSR count). The summed E-state index contributed by atoms with van der Waals surface area (Å²) in [4.78, 5) is 2.38. The van der Waals surface area contributed by atoms with Crippen LogP contribution in [0, 0.1) is 0 Å². The molecule has 1 heterocycles. The number of nitrogens with zero attached hydrogens (tertiary/aromatic N) is 2. The summed E-state index contributed by atoms with van der Waals surface area (Å²) >= 11 is 0. The monoisotopic (exact) mass is 1040 g/mol. The van der Waals surface area contributed by atoms with Crippen LogP contribution in [0.2, 0.25) is 0 Å². The third-order valence-electron chi connectivity index (χ3n) is 18.3. The van der Waals surface area contributed by atoms with Crippen LogP contribution in [0.5, 0.6) is 0 Å². The molecule has 0 fully saturated rings. The second-order valence-electron chi connectivity index (χ2n) is 22.2. The van der Waals surface area contributed by atoms with Gasteiger partial charge in [-0.1, -0.05) is 255 Å². The predicted octanol–water partition coefficient (Wildman–Crippen LogP) is 20.3. The van der Waals surface area contributed by atoms with Crippen LogP contribution in [0.3, 0.4) is 0 Å². The van der Waals surface area contributed by atoms with Gasteiger partial charge in [-0.2, -0.15) is 0 Å². The highest BCUT2D eigenvalue weighted by Gasteiger charge is 2.59. The van der Waals surface area contributed by atoms with Gasteiger partial charge in [0.25, 0.3) is 0 Å². The highest BCUT2D eigenvalue weighted by molar-refractivity contribution is 6.11. The van der Waals surface area contributed by atoms with Gasteiger partial charge in [-0.3, -0.25) is 0 Å². The lowest BCUT2D eigenvalue weighted by molar-refractivity contribution is 0.633. The number of hydrogen-bond acceptors (Lipinski definition) is 1. The third-order valence-corrected chi connectivity index (χ3v) is 18.3. The maximum absolute atomic E-state index is 2.55. The molecule has 0 saturated carbocycles. The molecule has 382 valence electrons. The fraction of sp³-hybridized carbons (Fsp3) is 0.0250. The van der Waals surface area contributed by atoms with Crippen molar-refractivity contribution in [1.29, 1.82) is 0 Å². The Labute approximate surface area is 477 Å². The van der Waals surface area contributed by atoms with Crippen LogP contribution >= 0.6 is 0 Å². The molecule has 0 atom stereocenters. The topological polar surface area (TPSA) is 8.17 Å². The van der Waals surface area contributed by atoms with Gasteiger partial charge in [0.05, 0.1) is 27.6 Å². The number of aromatic nitrogens is 1. The fourth-order valence-corrected chi connectivity index (χ4v) is 15.0. The largest absolute Gasteiger partial charge is 0.310 e. The van der Waals surface area contributed by atoms with Crippen LogP contribution in [0.15, 0.2) is 315 Å². The molecule has 0 unspecified atom stereocenters. The van der Waals surface area contributed by atoms with Crippen LogP contribution in [-0.4, -0.2) is 4.57 Å². The van der Waals surface area contributed by atoms with Crippen molar-refractivity contribution in [2.45, 2.75) is 10.8 Å². The maximum atomic E-state index is 2.55. The summed E-state index contributed by atoms with van der Waals surface area (Å²) in [5.41, 5.74) is 28.7. The average molecular weight is 1040 g/mol. The molecule has 2 nitrogen and oxygen atoms in total. The highest BCUT2D eigenvalue weighted by Crippen LogP contribution is 2.68. The zero-order valence-electron chi connectivity index (χ0n) is 44.9. The van der Waals surface area contributed by atoms with E-state index in [9.17, 15) is 0 Å². The number of hydrogen-bond donors (Lipinski definition) is 0. The van der Waals surface area contributed by atoms with Crippen molar-refractivity contribution >= 4 is 38.9 Å². The number of anilines is 3. The minimum absolute atomic E-state index is 0.494. The van der Waals surface area contributed by atoms with E-state index in [1.807, 2.05) is 0 Å². The Hall–Kier alpha value is -10.5. The molecule has 0 N–H and O–H groups in total. The van der Waals surface area contributed by atoms with Crippen molar-refractivity contribution in [3.8, 4) is 61.3 Å². The van der Waals surface area contributed by atoms with E-state index >= 15 is 0 Å². The SMILES string of the molecule is c1ccc(-c2ccc(N(c3ccc(-c4ccccc4)cc3)c3cccc(-c4ccc5c(c4)c4ccccc4n5-c4cccc5c4-c4ccccc4C54c5ccccc5C5(c6ccccc6-c6ccccc65)c5ccccc54)c3)cc2)cc1. The van der Waals surface area contributed by atoms with Gasteiger partial charge in [0.2, 0.25) is 0 Å². The molecule has 3 aliphatic carbocycles. The molecule has 0 bridgehead atoms. The van der Waals surface area contributed by atoms with E-state index in [1.54, 1.807) is 0 Å². The summed E-state index contributed by atoms with van der Waals surface area (Å²) in [6.45, 7) is 0. The van der Waals surface area contributed by atoms with Gasteiger partial charge < -0.3 is 9.47 Å². The van der Waals surface area contributed by atoms with Gasteiger partial charge >= 0.3 is 0 Å². The fourth-order valence-electron chi connectivity index (χ4n) is 15.0. The molecule has 2 spiro atoms. The first kappa shape index (κ1) is 46.4. The molecule has 3 aliphatic rings. The number of para-hydroxylation sites is 1. The summed E-state index contributed by atoms with van der Waals surface area (Å²) in [6, 6.07) is 118. The van der Waals surface area contributed by atoms with Gasteiger partial charge in [0.1, 0.15) is 0 Å². The molecule has 0 amide bonds. The normalized spacial score (nSPS) is 13.6. The van der Waals surface area contributed by atoms with Gasteiger partial charge in [-0.15, -0.1) is 0 Å². The Morgan fingerprint density at radius 1 is 0.232 bits per heavy atom. The first-order valence-corrected chi connectivity index (χ1v) is 28.6. The molecule has 1 aromatic heterocycles. The summed E-state index contributed by atoms with van der Waals surface area (Å²) in [6.07, 6.45) is 0. The summed E-state index contributed by atoms with van der Waals surface area (Å²) < 4.78 is 2.55. The van der Waals surface area contributed by atoms with Crippen molar-refractivity contribution < 1.29 is 0 Å². The van der Waals surface area contributed by atoms with E-state index < -0.39 is 10.8 Å². The van der Waals surface area contributed by atoms with Crippen molar-refractivity contribution in [2.24, 2.45) is 0 Å². The molecular weight excluding hydrogens is 989 g/mol. The molecule has 0 saturated heterocycles. The minimum Gasteiger partial charge on any atom is -0.310 e. The van der Waals surface area contributed by atoms with Gasteiger partial charge in [0, 0.05) is 33.4 Å². The van der Waals surface area contributed by atoms with E-state index in [1.165, 1.54) is 117 Å². The zero-order valence-corrected chi connectivity index (χ0v) is 44.9. The minimum atomic E-state index is -0.592. The third kappa shape index (κ3) is 6.46. The highest BCUT2D eigenvalue weighted by atomic mass is 15.1. The van der Waals surface area contributed by atoms with Gasteiger partial charge in [-0.25, -0.2) is 0 Å². The van der Waals surface area contributed by atoms with E-state index in [0.717, 1.165) is 28.2 Å². The summed E-state index contributed by atoms with van der Waals surface area (Å²) in [5, 5.41) is 2.44. The Morgan fingerprint density at radius 2 is 0.622 bits per heavy atom. The van der Waals surface area contributed by atoms with Crippen molar-refractivity contribution in [3.63, 3.8) is 0 Å². The standard InChI is InChI=1S/C80H52N2/c1-3-21-53(22-4-1)55-41-46-59(47-42-55)81(60-48-43-56(44-49-60)54-23-5-2-6-24-54)61-26-19-25-57(51-61)58-45-50-76-66(52-58)64-29-10-18-39-75(64)82(76)77-40-20-38-74-78(77)65-30-9-13-33-69(65)80(74)72-36-16-14-34-70(72)79(71-35-15-17-37-73(71)80)67-31-11-7-27-62(67)63-28-8-12-32-68(63)79/h1-52H. The zero-order chi connectivity index (χ0) is 53.9. The number of fused-ring (bicyclic) bond motifs is 19. The van der Waals surface area contributed by atoms with E-state index in [0.29, 0.717) is 0 Å². The molecule has 82 heavy (non-hydrogen) atoms. The molecule has 0 aliphatic heterocycles. The first-order chi connectivity index (χ1) is 40.7. The molecule has 0 radical (unpaired) electrons. The lowest BCUT2D eigenvalue weighted by Gasteiger charge is -2.48. The average Bonchev–Trinajstić information content (AvgIpc) is 1.46. The molecule has 13 aromatic carbocycles. The van der Waals surface area contributed by atoms with Crippen LogP contribution < -0.4 is 4.90 Å². The molecular formula is C80H52N2. The predicted molar refractivity (Wildman–Crippen MR) is 340 cm³/mol. The lowest BCUT2D eigenvalue weighted by atomic mass is 9.52. The van der Waals surface area contributed by atoms with Gasteiger partial charge in [0.15, 0.2) is 0 Å². The van der Waals surface area contributed by atoms with Crippen LogP contribution in [0.25, 0.3) is 83.1 Å². The van der Waals surface area contributed by atoms with Crippen molar-refractivity contribution in [1.82, 2.24) is 4.57 Å². The Bertz CT molecular complexity index is 4680. The van der Waals surface area contributed by atoms with E-state index in [2.05, 4.69) is 325 Å². The Morgan fingerprint density at radius 3 is 1.20 bits per heavy atom. The maximum Gasteiger partial charge on any atom is 0.0720 e. The summed E-state index contributed by atoms with van der Waals surface area (Å²) in [7, 11) is 0. The Balaban J connectivity index is 0.829. The lowest BCUT2D eigenvalue weighted by Crippen LogP contribution is -2.43. The Kier molecular flexibility index (Phi) is 10.2.